The van der Waals surface area contributed by atoms with Crippen molar-refractivity contribution in [2.24, 2.45) is 17.3 Å². The molecule has 3 aliphatic rings. The highest BCUT2D eigenvalue weighted by molar-refractivity contribution is 8.02. The third-order valence-corrected chi connectivity index (χ3v) is 8.30. The van der Waals surface area contributed by atoms with Crippen LogP contribution in [0.4, 0.5) is 19.3 Å². The van der Waals surface area contributed by atoms with Gasteiger partial charge in [-0.05, 0) is 78.4 Å². The van der Waals surface area contributed by atoms with Crippen molar-refractivity contribution in [3.8, 4) is 5.75 Å². The lowest BCUT2D eigenvalue weighted by molar-refractivity contribution is -0.0249. The van der Waals surface area contributed by atoms with Gasteiger partial charge in [-0.3, -0.25) is 10.1 Å². The highest BCUT2D eigenvalue weighted by atomic mass is 32.2. The number of hydrogen-bond donors (Lipinski definition) is 1. The van der Waals surface area contributed by atoms with Crippen LogP contribution in [0, 0.1) is 28.9 Å². The summed E-state index contributed by atoms with van der Waals surface area (Å²) < 4.78 is 34.6. The number of methoxy groups -OCH3 is 1. The smallest absolute Gasteiger partial charge is 0.339 e. The number of nitrogens with one attached hydrogen (secondary N) is 1. The average Bonchev–Trinajstić information content (AvgIpc) is 2.77. The standard InChI is InChI=1S/C25H26F2N2O3S/c1-14-18-12-15(25(18,2)3)13-21(14)33-29(16-8-10-17(32-4)11-9-16)24(31)28-23(30)22-19(26)6-5-7-20(22)27/h5-11,15,18,21H,1,12-13H2,2-4H3,(H,28,30,31)/t15-,18+,21?/m0/s1. The van der Waals surface area contributed by atoms with E-state index in [4.69, 9.17) is 4.74 Å². The molecule has 0 radical (unpaired) electrons. The number of hydrogen-bond acceptors (Lipinski definition) is 4. The molecule has 5 rings (SSSR count). The zero-order valence-electron chi connectivity index (χ0n) is 18.7. The number of amides is 3. The minimum Gasteiger partial charge on any atom is -0.497 e. The summed E-state index contributed by atoms with van der Waals surface area (Å²) in [7, 11) is 1.54. The number of benzene rings is 2. The van der Waals surface area contributed by atoms with Gasteiger partial charge >= 0.3 is 6.03 Å². The third-order valence-electron chi connectivity index (χ3n) is 6.96. The van der Waals surface area contributed by atoms with Crippen LogP contribution in [-0.4, -0.2) is 24.3 Å². The van der Waals surface area contributed by atoms with Gasteiger partial charge in [-0.25, -0.2) is 17.9 Å². The summed E-state index contributed by atoms with van der Waals surface area (Å²) in [4.78, 5) is 25.7. The molecule has 2 aromatic carbocycles. The van der Waals surface area contributed by atoms with Crippen molar-refractivity contribution in [2.75, 3.05) is 11.4 Å². The highest BCUT2D eigenvalue weighted by Crippen LogP contribution is 2.63. The highest BCUT2D eigenvalue weighted by Gasteiger charge is 2.55. The van der Waals surface area contributed by atoms with E-state index in [1.807, 2.05) is 0 Å². The third kappa shape index (κ3) is 4.24. The zero-order valence-corrected chi connectivity index (χ0v) is 19.5. The maximum Gasteiger partial charge on any atom is 0.339 e. The van der Waals surface area contributed by atoms with Gasteiger partial charge in [0.05, 0.1) is 12.8 Å². The predicted molar refractivity (Wildman–Crippen MR) is 125 cm³/mol. The minimum absolute atomic E-state index is 0.0186. The number of carbonyl (C=O) groups is 2. The van der Waals surface area contributed by atoms with E-state index < -0.39 is 29.1 Å². The van der Waals surface area contributed by atoms with E-state index in [1.54, 1.807) is 24.3 Å². The first-order valence-electron chi connectivity index (χ1n) is 10.7. The van der Waals surface area contributed by atoms with Crippen LogP contribution < -0.4 is 14.4 Å². The first kappa shape index (κ1) is 23.3. The number of carbonyl (C=O) groups excluding carboxylic acids is 2. The number of anilines is 1. The Balaban J connectivity index is 1.58. The molecule has 3 amide bonds. The maximum atomic E-state index is 14.0. The molecular formula is C25H26F2N2O3S. The van der Waals surface area contributed by atoms with E-state index in [2.05, 4.69) is 25.7 Å². The molecule has 0 aromatic heterocycles. The van der Waals surface area contributed by atoms with E-state index in [1.165, 1.54) is 23.4 Å². The molecule has 5 nitrogen and oxygen atoms in total. The minimum atomic E-state index is -1.14. The molecule has 2 bridgehead atoms. The second-order valence-electron chi connectivity index (χ2n) is 9.06. The van der Waals surface area contributed by atoms with Crippen LogP contribution in [0.15, 0.2) is 54.6 Å². The molecule has 0 spiro atoms. The van der Waals surface area contributed by atoms with Crippen molar-refractivity contribution in [1.82, 2.24) is 5.32 Å². The lowest BCUT2D eigenvalue weighted by atomic mass is 9.47. The molecular weight excluding hydrogens is 446 g/mol. The maximum absolute atomic E-state index is 14.0. The van der Waals surface area contributed by atoms with Crippen molar-refractivity contribution >= 4 is 29.6 Å². The normalized spacial score (nSPS) is 22.8. The number of halogens is 2. The van der Waals surface area contributed by atoms with Crippen molar-refractivity contribution in [3.05, 3.63) is 71.8 Å². The quantitative estimate of drug-likeness (QED) is 0.430. The van der Waals surface area contributed by atoms with E-state index in [0.29, 0.717) is 23.3 Å². The lowest BCUT2D eigenvalue weighted by Crippen LogP contribution is -2.53. The summed E-state index contributed by atoms with van der Waals surface area (Å²) in [6, 6.07) is 9.09. The fourth-order valence-corrected chi connectivity index (χ4v) is 6.04. The molecule has 0 heterocycles. The molecule has 3 aliphatic carbocycles. The van der Waals surface area contributed by atoms with Gasteiger partial charge in [-0.2, -0.15) is 0 Å². The second kappa shape index (κ2) is 8.82. The molecule has 8 heteroatoms. The van der Waals surface area contributed by atoms with Crippen LogP contribution in [0.3, 0.4) is 0 Å². The van der Waals surface area contributed by atoms with Gasteiger partial charge in [0.25, 0.3) is 5.91 Å². The molecule has 2 aromatic rings. The number of nitrogens with zero attached hydrogens (tertiary/aromatic N) is 1. The number of urea groups is 1. The Hall–Kier alpha value is -2.87. The van der Waals surface area contributed by atoms with Crippen molar-refractivity contribution in [2.45, 2.75) is 31.9 Å². The van der Waals surface area contributed by atoms with Crippen molar-refractivity contribution in [3.63, 3.8) is 0 Å². The van der Waals surface area contributed by atoms with Crippen LogP contribution in [0.5, 0.6) is 5.75 Å². The Morgan fingerprint density at radius 1 is 1.12 bits per heavy atom. The first-order chi connectivity index (χ1) is 15.6. The number of rotatable bonds is 5. The van der Waals surface area contributed by atoms with Crippen LogP contribution in [-0.2, 0) is 0 Å². The molecule has 0 saturated heterocycles. The van der Waals surface area contributed by atoms with Gasteiger partial charge in [0.15, 0.2) is 0 Å². The van der Waals surface area contributed by atoms with Gasteiger partial charge in [-0.1, -0.05) is 32.1 Å². The molecule has 3 saturated carbocycles. The molecule has 0 aliphatic heterocycles. The summed E-state index contributed by atoms with van der Waals surface area (Å²) >= 11 is 1.27. The molecule has 3 fully saturated rings. The number of ether oxygens (including phenoxy) is 1. The number of fused-ring (bicyclic) bond motifs is 2. The van der Waals surface area contributed by atoms with Gasteiger partial charge < -0.3 is 4.74 Å². The summed E-state index contributed by atoms with van der Waals surface area (Å²) in [5.41, 5.74) is 0.979. The molecule has 1 N–H and O–H groups in total. The van der Waals surface area contributed by atoms with Crippen LogP contribution in [0.2, 0.25) is 0 Å². The van der Waals surface area contributed by atoms with Crippen LogP contribution in [0.1, 0.15) is 37.0 Å². The van der Waals surface area contributed by atoms with Crippen molar-refractivity contribution < 1.29 is 23.1 Å². The Kier molecular flexibility index (Phi) is 6.22. The van der Waals surface area contributed by atoms with E-state index >= 15 is 0 Å². The Labute approximate surface area is 196 Å². The monoisotopic (exact) mass is 472 g/mol. The lowest BCUT2D eigenvalue weighted by Gasteiger charge is -2.60. The Morgan fingerprint density at radius 2 is 1.76 bits per heavy atom. The topological polar surface area (TPSA) is 58.6 Å². The van der Waals surface area contributed by atoms with E-state index in [-0.39, 0.29) is 10.7 Å². The van der Waals surface area contributed by atoms with E-state index in [9.17, 15) is 18.4 Å². The predicted octanol–water partition coefficient (Wildman–Crippen LogP) is 5.97. The summed E-state index contributed by atoms with van der Waals surface area (Å²) in [6.07, 6.45) is 1.96. The zero-order chi connectivity index (χ0) is 23.9. The van der Waals surface area contributed by atoms with Crippen LogP contribution in [0.25, 0.3) is 0 Å². The number of imide groups is 1. The fourth-order valence-electron chi connectivity index (χ4n) is 4.79. The molecule has 33 heavy (non-hydrogen) atoms. The summed E-state index contributed by atoms with van der Waals surface area (Å²) in [5.74, 6) is -1.69. The largest absolute Gasteiger partial charge is 0.497 e. The molecule has 1 unspecified atom stereocenters. The average molecular weight is 473 g/mol. The summed E-state index contributed by atoms with van der Waals surface area (Å²) in [6.45, 7) is 8.80. The fraction of sp³-hybridized carbons (Fsp3) is 0.360. The second-order valence-corrected chi connectivity index (χ2v) is 10.2. The van der Waals surface area contributed by atoms with Gasteiger partial charge in [0.2, 0.25) is 0 Å². The van der Waals surface area contributed by atoms with Crippen molar-refractivity contribution in [1.29, 1.82) is 0 Å². The SMILES string of the molecule is C=C1C(SN(C(=O)NC(=O)c2c(F)cccc2F)c2ccc(OC)cc2)C[C@@H]2C[C@H]1C2(C)C. The van der Waals surface area contributed by atoms with E-state index in [0.717, 1.165) is 36.6 Å². The van der Waals surface area contributed by atoms with Gasteiger partial charge in [-0.15, -0.1) is 0 Å². The Bertz CT molecular complexity index is 1080. The molecule has 174 valence electrons. The summed E-state index contributed by atoms with van der Waals surface area (Å²) in [5, 5.41) is 2.12. The van der Waals surface area contributed by atoms with Crippen LogP contribution >= 0.6 is 11.9 Å². The molecule has 3 atom stereocenters. The van der Waals surface area contributed by atoms with Gasteiger partial charge in [0, 0.05) is 5.25 Å². The Morgan fingerprint density at radius 3 is 2.30 bits per heavy atom. The first-order valence-corrected chi connectivity index (χ1v) is 11.6. The van der Waals surface area contributed by atoms with Gasteiger partial charge in [0.1, 0.15) is 22.9 Å².